The van der Waals surface area contributed by atoms with Gasteiger partial charge in [0.15, 0.2) is 21.5 Å². The van der Waals surface area contributed by atoms with Crippen molar-refractivity contribution < 1.29 is 17.2 Å². The molecule has 0 aliphatic carbocycles. The zero-order valence-electron chi connectivity index (χ0n) is 9.57. The van der Waals surface area contributed by atoms with Gasteiger partial charge in [-0.3, -0.25) is 0 Å². The van der Waals surface area contributed by atoms with Crippen molar-refractivity contribution in [3.05, 3.63) is 35.4 Å². The lowest BCUT2D eigenvalue weighted by molar-refractivity contribution is 0.487. The van der Waals surface area contributed by atoms with Crippen LogP contribution in [0.1, 0.15) is 12.0 Å². The Hall–Kier alpha value is -0.680. The minimum absolute atomic E-state index is 0.0398. The molecule has 1 aromatic carbocycles. The van der Waals surface area contributed by atoms with Crippen LogP contribution in [0.4, 0.5) is 8.78 Å². The third-order valence-corrected chi connectivity index (χ3v) is 5.53. The van der Waals surface area contributed by atoms with Crippen LogP contribution in [0.3, 0.4) is 0 Å². The van der Waals surface area contributed by atoms with E-state index in [2.05, 4.69) is 0 Å². The summed E-state index contributed by atoms with van der Waals surface area (Å²) in [5.41, 5.74) is 0.194. The molecule has 1 fully saturated rings. The molecular weight excluding hydrogens is 282 g/mol. The summed E-state index contributed by atoms with van der Waals surface area (Å²) in [5.74, 6) is -1.82. The van der Waals surface area contributed by atoms with Crippen LogP contribution in [0.5, 0.6) is 0 Å². The lowest BCUT2D eigenvalue weighted by atomic mass is 9.98. The van der Waals surface area contributed by atoms with Crippen LogP contribution in [0, 0.1) is 17.6 Å². The first kappa shape index (κ1) is 13.7. The van der Waals surface area contributed by atoms with Crippen molar-refractivity contribution in [1.29, 1.82) is 0 Å². The fourth-order valence-corrected chi connectivity index (χ4v) is 4.56. The van der Waals surface area contributed by atoms with Crippen molar-refractivity contribution in [2.24, 2.45) is 5.92 Å². The number of rotatable bonds is 3. The summed E-state index contributed by atoms with van der Waals surface area (Å²) in [6.45, 7) is 0. The number of hydrogen-bond acceptors (Lipinski definition) is 2. The molecule has 0 N–H and O–H groups in total. The summed E-state index contributed by atoms with van der Waals surface area (Å²) < 4.78 is 49.1. The predicted molar refractivity (Wildman–Crippen MR) is 66.5 cm³/mol. The minimum Gasteiger partial charge on any atom is -0.229 e. The maximum absolute atomic E-state index is 13.4. The Morgan fingerprint density at radius 2 is 2.11 bits per heavy atom. The number of sulfone groups is 1. The van der Waals surface area contributed by atoms with E-state index in [4.69, 9.17) is 11.6 Å². The third kappa shape index (κ3) is 3.01. The molecule has 0 spiro atoms. The maximum Gasteiger partial charge on any atom is 0.162 e. The number of alkyl halides is 1. The Kier molecular flexibility index (Phi) is 3.92. The summed E-state index contributed by atoms with van der Waals surface area (Å²) in [6.07, 6.45) is 0.638. The van der Waals surface area contributed by atoms with Crippen LogP contribution in [-0.2, 0) is 16.3 Å². The predicted octanol–water partition coefficient (Wildman–Crippen LogP) is 2.55. The van der Waals surface area contributed by atoms with E-state index in [0.717, 1.165) is 6.07 Å². The lowest BCUT2D eigenvalue weighted by Gasteiger charge is -2.16. The Morgan fingerprint density at radius 3 is 2.72 bits per heavy atom. The Bertz CT molecular complexity index is 545. The minimum atomic E-state index is -3.00. The molecule has 0 aromatic heterocycles. The highest BCUT2D eigenvalue weighted by atomic mass is 35.5. The molecule has 0 radical (unpaired) electrons. The van der Waals surface area contributed by atoms with Crippen molar-refractivity contribution in [2.45, 2.75) is 18.2 Å². The van der Waals surface area contributed by atoms with E-state index < -0.39 is 26.8 Å². The molecule has 0 amide bonds. The molecule has 2 rings (SSSR count). The van der Waals surface area contributed by atoms with Gasteiger partial charge < -0.3 is 0 Å². The fraction of sp³-hybridized carbons (Fsp3) is 0.500. The average molecular weight is 295 g/mol. The summed E-state index contributed by atoms with van der Waals surface area (Å²) in [5, 5.41) is -0.487. The monoisotopic (exact) mass is 294 g/mol. The van der Waals surface area contributed by atoms with Gasteiger partial charge in [-0.15, -0.1) is 11.6 Å². The Morgan fingerprint density at radius 1 is 1.39 bits per heavy atom. The molecule has 2 atom stereocenters. The Balaban J connectivity index is 2.08. The molecular formula is C12H13ClF2O2S. The van der Waals surface area contributed by atoms with E-state index in [0.29, 0.717) is 6.42 Å². The lowest BCUT2D eigenvalue weighted by Crippen LogP contribution is -2.19. The smallest absolute Gasteiger partial charge is 0.162 e. The van der Waals surface area contributed by atoms with Crippen LogP contribution < -0.4 is 0 Å². The molecule has 1 saturated heterocycles. The van der Waals surface area contributed by atoms with E-state index in [1.165, 1.54) is 12.1 Å². The molecule has 0 bridgehead atoms. The first-order valence-corrected chi connectivity index (χ1v) is 7.92. The number of hydrogen-bond donors (Lipinski definition) is 0. The molecule has 1 aliphatic rings. The van der Waals surface area contributed by atoms with Gasteiger partial charge in [-0.2, -0.15) is 0 Å². The van der Waals surface area contributed by atoms with Gasteiger partial charge in [-0.1, -0.05) is 12.1 Å². The van der Waals surface area contributed by atoms with Gasteiger partial charge in [0, 0.05) is 5.38 Å². The third-order valence-electron chi connectivity index (χ3n) is 3.23. The molecule has 0 saturated carbocycles. The normalized spacial score (nSPS) is 24.1. The van der Waals surface area contributed by atoms with Crippen LogP contribution >= 0.6 is 11.6 Å². The molecule has 6 heteroatoms. The topological polar surface area (TPSA) is 34.1 Å². The van der Waals surface area contributed by atoms with E-state index in [1.54, 1.807) is 0 Å². The summed E-state index contributed by atoms with van der Waals surface area (Å²) in [7, 11) is -3.00. The van der Waals surface area contributed by atoms with Crippen molar-refractivity contribution in [2.75, 3.05) is 11.5 Å². The molecule has 2 unspecified atom stereocenters. The van der Waals surface area contributed by atoms with Gasteiger partial charge in [0.2, 0.25) is 0 Å². The standard InChI is InChI=1S/C12H13ClF2O2S/c13-10(9-4-5-18(16,17)7-9)6-8-2-1-3-11(14)12(8)15/h1-3,9-10H,4-7H2. The summed E-state index contributed by atoms with van der Waals surface area (Å²) in [4.78, 5) is 0. The van der Waals surface area contributed by atoms with Crippen LogP contribution in [-0.4, -0.2) is 25.3 Å². The molecule has 1 aromatic rings. The van der Waals surface area contributed by atoms with Gasteiger partial charge in [0.25, 0.3) is 0 Å². The first-order valence-electron chi connectivity index (χ1n) is 5.66. The van der Waals surface area contributed by atoms with E-state index in [1.807, 2.05) is 0 Å². The first-order chi connectivity index (χ1) is 8.39. The maximum atomic E-state index is 13.4. The highest BCUT2D eigenvalue weighted by Gasteiger charge is 2.33. The SMILES string of the molecule is O=S1(=O)CCC(C(Cl)Cc2cccc(F)c2F)C1. The second-order valence-corrected chi connectivity index (χ2v) is 7.39. The van der Waals surface area contributed by atoms with E-state index >= 15 is 0 Å². The zero-order chi connectivity index (χ0) is 13.3. The van der Waals surface area contributed by atoms with Gasteiger partial charge in [-0.05, 0) is 30.4 Å². The zero-order valence-corrected chi connectivity index (χ0v) is 11.1. The van der Waals surface area contributed by atoms with Crippen molar-refractivity contribution in [3.8, 4) is 0 Å². The van der Waals surface area contributed by atoms with Crippen LogP contribution in [0.2, 0.25) is 0 Å². The number of halogens is 3. The van der Waals surface area contributed by atoms with Crippen LogP contribution in [0.25, 0.3) is 0 Å². The fourth-order valence-electron chi connectivity index (χ4n) is 2.19. The number of benzene rings is 1. The van der Waals surface area contributed by atoms with E-state index in [9.17, 15) is 17.2 Å². The highest BCUT2D eigenvalue weighted by molar-refractivity contribution is 7.91. The second-order valence-electron chi connectivity index (χ2n) is 4.60. The van der Waals surface area contributed by atoms with Gasteiger partial charge in [-0.25, -0.2) is 17.2 Å². The molecule has 100 valence electrons. The molecule has 2 nitrogen and oxygen atoms in total. The van der Waals surface area contributed by atoms with Crippen molar-refractivity contribution >= 4 is 21.4 Å². The van der Waals surface area contributed by atoms with Gasteiger partial charge in [0.1, 0.15) is 0 Å². The quantitative estimate of drug-likeness (QED) is 0.803. The molecule has 18 heavy (non-hydrogen) atoms. The molecule has 1 aliphatic heterocycles. The van der Waals surface area contributed by atoms with Gasteiger partial charge >= 0.3 is 0 Å². The Labute approximate surface area is 110 Å². The second kappa shape index (κ2) is 5.13. The molecule has 1 heterocycles. The largest absolute Gasteiger partial charge is 0.229 e. The highest BCUT2D eigenvalue weighted by Crippen LogP contribution is 2.28. The van der Waals surface area contributed by atoms with Crippen LogP contribution in [0.15, 0.2) is 18.2 Å². The average Bonchev–Trinajstić information content (AvgIpc) is 2.65. The van der Waals surface area contributed by atoms with Crippen molar-refractivity contribution in [1.82, 2.24) is 0 Å². The van der Waals surface area contributed by atoms with Crippen molar-refractivity contribution in [3.63, 3.8) is 0 Å². The van der Waals surface area contributed by atoms with E-state index in [-0.39, 0.29) is 29.4 Å². The summed E-state index contributed by atoms with van der Waals surface area (Å²) in [6, 6.07) is 3.93. The summed E-state index contributed by atoms with van der Waals surface area (Å²) >= 11 is 6.12. The van der Waals surface area contributed by atoms with Gasteiger partial charge in [0.05, 0.1) is 11.5 Å².